The first-order valence-corrected chi connectivity index (χ1v) is 7.42. The van der Waals surface area contributed by atoms with E-state index in [1.807, 2.05) is 23.1 Å². The molecule has 0 unspecified atom stereocenters. The molecule has 1 N–H and O–H groups in total. The topological polar surface area (TPSA) is 65.1 Å². The van der Waals surface area contributed by atoms with Crippen LogP contribution in [0.3, 0.4) is 0 Å². The highest BCUT2D eigenvalue weighted by atomic mass is 16.2. The van der Waals surface area contributed by atoms with Crippen LogP contribution in [0.1, 0.15) is 16.1 Å². The van der Waals surface area contributed by atoms with Gasteiger partial charge in [0.15, 0.2) is 5.69 Å². The molecule has 0 radical (unpaired) electrons. The van der Waals surface area contributed by atoms with E-state index in [1.54, 1.807) is 0 Å². The minimum absolute atomic E-state index is 0.0479. The van der Waals surface area contributed by atoms with Gasteiger partial charge in [-0.15, -0.1) is 0 Å². The number of nitrogens with zero attached hydrogens (tertiary/aromatic N) is 4. The Morgan fingerprint density at radius 1 is 1.18 bits per heavy atom. The fraction of sp³-hybridized carbons (Fsp3) is 0.312. The van der Waals surface area contributed by atoms with Gasteiger partial charge in [0, 0.05) is 32.7 Å². The van der Waals surface area contributed by atoms with E-state index in [9.17, 15) is 4.79 Å². The normalized spacial score (nSPS) is 16.3. The van der Waals surface area contributed by atoms with Gasteiger partial charge >= 0.3 is 0 Å². The quantitative estimate of drug-likeness (QED) is 0.923. The second kappa shape index (κ2) is 7.00. The standard InChI is InChI=1S/C16H19N5O/c22-16(15-13-17-19-18-15)21-11-9-20(10-12-21)8-4-7-14-5-2-1-3-6-14/h1-7,13H,8-12H2,(H,17,18,19). The number of hydrogen-bond donors (Lipinski definition) is 1. The minimum Gasteiger partial charge on any atom is -0.335 e. The number of piperazine rings is 1. The molecular weight excluding hydrogens is 278 g/mol. The summed E-state index contributed by atoms with van der Waals surface area (Å²) in [5.74, 6) is -0.0479. The average Bonchev–Trinajstić information content (AvgIpc) is 3.10. The zero-order chi connectivity index (χ0) is 15.2. The lowest BCUT2D eigenvalue weighted by atomic mass is 10.2. The van der Waals surface area contributed by atoms with E-state index < -0.39 is 0 Å². The summed E-state index contributed by atoms with van der Waals surface area (Å²) in [7, 11) is 0. The highest BCUT2D eigenvalue weighted by Gasteiger charge is 2.22. The molecule has 0 atom stereocenters. The number of aromatic nitrogens is 3. The van der Waals surface area contributed by atoms with E-state index in [0.717, 1.165) is 32.7 Å². The predicted octanol–water partition coefficient (Wildman–Crippen LogP) is 1.28. The first-order chi connectivity index (χ1) is 10.8. The SMILES string of the molecule is O=C(c1cn[nH]n1)N1CCN(CC=Cc2ccccc2)CC1. The molecule has 1 aliphatic rings. The molecule has 0 bridgehead atoms. The molecule has 6 heteroatoms. The molecule has 6 nitrogen and oxygen atoms in total. The van der Waals surface area contributed by atoms with Gasteiger partial charge in [0.2, 0.25) is 0 Å². The Bertz CT molecular complexity index is 615. The van der Waals surface area contributed by atoms with Crippen molar-refractivity contribution in [3.8, 4) is 0 Å². The fourth-order valence-corrected chi connectivity index (χ4v) is 2.50. The van der Waals surface area contributed by atoms with Gasteiger partial charge in [-0.3, -0.25) is 9.69 Å². The monoisotopic (exact) mass is 297 g/mol. The molecule has 0 aliphatic carbocycles. The van der Waals surface area contributed by atoms with Gasteiger partial charge in [-0.1, -0.05) is 42.5 Å². The number of rotatable bonds is 4. The number of benzene rings is 1. The van der Waals surface area contributed by atoms with Crippen LogP contribution in [0.5, 0.6) is 0 Å². The van der Waals surface area contributed by atoms with Crippen molar-refractivity contribution in [1.29, 1.82) is 0 Å². The smallest absolute Gasteiger partial charge is 0.276 e. The lowest BCUT2D eigenvalue weighted by molar-refractivity contribution is 0.0644. The number of amides is 1. The maximum atomic E-state index is 12.1. The van der Waals surface area contributed by atoms with Gasteiger partial charge in [-0.05, 0) is 5.56 Å². The van der Waals surface area contributed by atoms with Crippen molar-refractivity contribution in [3.05, 3.63) is 53.9 Å². The highest BCUT2D eigenvalue weighted by molar-refractivity contribution is 5.91. The summed E-state index contributed by atoms with van der Waals surface area (Å²) in [6.45, 7) is 4.11. The summed E-state index contributed by atoms with van der Waals surface area (Å²) < 4.78 is 0. The van der Waals surface area contributed by atoms with Gasteiger partial charge in [-0.25, -0.2) is 0 Å². The van der Waals surface area contributed by atoms with Gasteiger partial charge in [0.1, 0.15) is 0 Å². The Hall–Kier alpha value is -2.47. The number of carbonyl (C=O) groups excluding carboxylic acids is 1. The molecule has 2 heterocycles. The van der Waals surface area contributed by atoms with Crippen molar-refractivity contribution in [2.24, 2.45) is 0 Å². The van der Waals surface area contributed by atoms with Crippen LogP contribution in [0, 0.1) is 0 Å². The second-order valence-electron chi connectivity index (χ2n) is 5.26. The summed E-state index contributed by atoms with van der Waals surface area (Å²) in [6.07, 6.45) is 5.77. The van der Waals surface area contributed by atoms with Crippen molar-refractivity contribution in [3.63, 3.8) is 0 Å². The maximum Gasteiger partial charge on any atom is 0.276 e. The van der Waals surface area contributed by atoms with E-state index in [0.29, 0.717) is 5.69 Å². The molecular formula is C16H19N5O. The third kappa shape index (κ3) is 3.59. The zero-order valence-electron chi connectivity index (χ0n) is 12.4. The third-order valence-electron chi connectivity index (χ3n) is 3.77. The number of carbonyl (C=O) groups is 1. The molecule has 1 aliphatic heterocycles. The molecule has 0 saturated carbocycles. The Kier molecular flexibility index (Phi) is 4.60. The van der Waals surface area contributed by atoms with Crippen molar-refractivity contribution >= 4 is 12.0 Å². The van der Waals surface area contributed by atoms with Crippen LogP contribution in [0.2, 0.25) is 0 Å². The predicted molar refractivity (Wildman–Crippen MR) is 84.2 cm³/mol. The fourth-order valence-electron chi connectivity index (χ4n) is 2.50. The lowest BCUT2D eigenvalue weighted by Crippen LogP contribution is -2.48. The maximum absolute atomic E-state index is 12.1. The van der Waals surface area contributed by atoms with E-state index >= 15 is 0 Å². The number of nitrogens with one attached hydrogen (secondary N) is 1. The third-order valence-corrected chi connectivity index (χ3v) is 3.77. The van der Waals surface area contributed by atoms with Crippen LogP contribution < -0.4 is 0 Å². The highest BCUT2D eigenvalue weighted by Crippen LogP contribution is 2.07. The molecule has 1 amide bonds. The molecule has 3 rings (SSSR count). The molecule has 1 saturated heterocycles. The minimum atomic E-state index is -0.0479. The average molecular weight is 297 g/mol. The summed E-state index contributed by atoms with van der Waals surface area (Å²) in [5.41, 5.74) is 1.60. The zero-order valence-corrected chi connectivity index (χ0v) is 12.4. The van der Waals surface area contributed by atoms with E-state index in [4.69, 9.17) is 0 Å². The van der Waals surface area contributed by atoms with Gasteiger partial charge in [0.05, 0.1) is 6.20 Å². The van der Waals surface area contributed by atoms with Gasteiger partial charge in [-0.2, -0.15) is 15.4 Å². The largest absolute Gasteiger partial charge is 0.335 e. The second-order valence-corrected chi connectivity index (χ2v) is 5.26. The van der Waals surface area contributed by atoms with Crippen LogP contribution in [0.15, 0.2) is 42.6 Å². The van der Waals surface area contributed by atoms with Crippen LogP contribution in [0.4, 0.5) is 0 Å². The van der Waals surface area contributed by atoms with E-state index in [-0.39, 0.29) is 5.91 Å². The molecule has 1 fully saturated rings. The Morgan fingerprint density at radius 2 is 1.95 bits per heavy atom. The Balaban J connectivity index is 1.46. The van der Waals surface area contributed by atoms with Crippen LogP contribution in [0.25, 0.3) is 6.08 Å². The number of aromatic amines is 1. The van der Waals surface area contributed by atoms with Crippen molar-refractivity contribution < 1.29 is 4.79 Å². The molecule has 0 spiro atoms. The van der Waals surface area contributed by atoms with Gasteiger partial charge in [0.25, 0.3) is 5.91 Å². The first kappa shape index (κ1) is 14.5. The summed E-state index contributed by atoms with van der Waals surface area (Å²) >= 11 is 0. The number of H-pyrrole nitrogens is 1. The van der Waals surface area contributed by atoms with Crippen LogP contribution >= 0.6 is 0 Å². The van der Waals surface area contributed by atoms with Crippen LogP contribution in [-0.2, 0) is 0 Å². The molecule has 1 aromatic heterocycles. The Labute approximate surface area is 129 Å². The first-order valence-electron chi connectivity index (χ1n) is 7.42. The Morgan fingerprint density at radius 3 is 2.64 bits per heavy atom. The van der Waals surface area contributed by atoms with Crippen LogP contribution in [-0.4, -0.2) is 63.8 Å². The number of hydrogen-bond acceptors (Lipinski definition) is 4. The van der Waals surface area contributed by atoms with Gasteiger partial charge < -0.3 is 4.90 Å². The van der Waals surface area contributed by atoms with E-state index in [1.165, 1.54) is 11.8 Å². The lowest BCUT2D eigenvalue weighted by Gasteiger charge is -2.33. The van der Waals surface area contributed by atoms with Crippen molar-refractivity contribution in [1.82, 2.24) is 25.2 Å². The molecule has 1 aromatic carbocycles. The summed E-state index contributed by atoms with van der Waals surface area (Å²) in [5, 5.41) is 10.00. The summed E-state index contributed by atoms with van der Waals surface area (Å²) in [6, 6.07) is 10.3. The molecule has 114 valence electrons. The summed E-state index contributed by atoms with van der Waals surface area (Å²) in [4.78, 5) is 16.3. The molecule has 2 aromatic rings. The van der Waals surface area contributed by atoms with Crippen molar-refractivity contribution in [2.75, 3.05) is 32.7 Å². The van der Waals surface area contributed by atoms with Crippen molar-refractivity contribution in [2.45, 2.75) is 0 Å². The molecule has 22 heavy (non-hydrogen) atoms. The van der Waals surface area contributed by atoms with E-state index in [2.05, 4.69) is 44.6 Å².